The average Bonchev–Trinajstić information content (AvgIpc) is 2.84. The molecule has 7 heteroatoms. The fraction of sp³-hybridized carbons (Fsp3) is 0.889. The Morgan fingerprint density at radius 2 is 0.706 bits per heavy atom. The quantitative estimate of drug-likeness (QED) is 0.0816. The average molecular weight is 479 g/mol. The molecule has 0 saturated heterocycles. The fourth-order valence-corrected chi connectivity index (χ4v) is 4.02. The summed E-state index contributed by atoms with van der Waals surface area (Å²) in [5, 5.41) is 5.93. The molecule has 196 valence electrons. The Morgan fingerprint density at radius 3 is 1.00 bits per heavy atom. The standard InChI is InChI=1S/C27H50N4O3/c32-25-28-21-17-13-9-5-1-3-7-11-15-19-23-30-27(34)31-24-20-16-12-8-4-2-6-10-14-18-22-29-26-33/h1-24H2,(H2,30,31,34). The van der Waals surface area contributed by atoms with E-state index in [2.05, 4.69) is 20.6 Å². The third-order valence-corrected chi connectivity index (χ3v) is 6.09. The third-order valence-electron chi connectivity index (χ3n) is 6.09. The molecule has 0 aromatic rings. The summed E-state index contributed by atoms with van der Waals surface area (Å²) in [4.78, 5) is 38.8. The minimum atomic E-state index is -0.0299. The number of hydrogen-bond acceptors (Lipinski definition) is 5. The van der Waals surface area contributed by atoms with Crippen LogP contribution in [0.25, 0.3) is 0 Å². The van der Waals surface area contributed by atoms with Crippen molar-refractivity contribution < 1.29 is 14.4 Å². The summed E-state index contributed by atoms with van der Waals surface area (Å²) in [7, 11) is 0. The van der Waals surface area contributed by atoms with Gasteiger partial charge >= 0.3 is 6.03 Å². The Balaban J connectivity index is 3.17. The van der Waals surface area contributed by atoms with Crippen LogP contribution in [0.2, 0.25) is 0 Å². The van der Waals surface area contributed by atoms with Gasteiger partial charge in [-0.25, -0.2) is 24.4 Å². The second-order valence-electron chi connectivity index (χ2n) is 9.20. The molecule has 0 fully saturated rings. The van der Waals surface area contributed by atoms with Gasteiger partial charge in [-0.3, -0.25) is 0 Å². The molecular weight excluding hydrogens is 428 g/mol. The normalized spacial score (nSPS) is 10.4. The third kappa shape index (κ3) is 28.1. The lowest BCUT2D eigenvalue weighted by Gasteiger charge is -2.08. The highest BCUT2D eigenvalue weighted by Gasteiger charge is 1.99. The molecule has 0 aromatic heterocycles. The number of unbranched alkanes of at least 4 members (excludes halogenated alkanes) is 18. The van der Waals surface area contributed by atoms with Gasteiger partial charge in [0, 0.05) is 13.1 Å². The number of carbonyl (C=O) groups excluding carboxylic acids is 3. The maximum Gasteiger partial charge on any atom is 0.314 e. The first-order chi connectivity index (χ1) is 16.8. The highest BCUT2D eigenvalue weighted by Crippen LogP contribution is 2.11. The van der Waals surface area contributed by atoms with E-state index in [0.29, 0.717) is 13.1 Å². The summed E-state index contributed by atoms with van der Waals surface area (Å²) in [5.74, 6) is 0. The predicted octanol–water partition coefficient (Wildman–Crippen LogP) is 6.76. The van der Waals surface area contributed by atoms with Gasteiger partial charge in [-0.1, -0.05) is 103 Å². The Morgan fingerprint density at radius 1 is 0.441 bits per heavy atom. The first-order valence-electron chi connectivity index (χ1n) is 13.9. The summed E-state index contributed by atoms with van der Waals surface area (Å²) in [6.45, 7) is 2.78. The zero-order chi connectivity index (χ0) is 24.8. The SMILES string of the molecule is O=C=NCCCCCCCCCCCCNC(=O)NCCCCCCCCCCCCN=C=O. The van der Waals surface area contributed by atoms with E-state index in [1.165, 1.54) is 89.9 Å². The molecule has 0 radical (unpaired) electrons. The molecule has 0 aliphatic carbocycles. The highest BCUT2D eigenvalue weighted by atomic mass is 16.2. The molecule has 34 heavy (non-hydrogen) atoms. The van der Waals surface area contributed by atoms with Gasteiger partial charge in [0.1, 0.15) is 0 Å². The first kappa shape index (κ1) is 32.0. The number of isocyanates is 2. The molecule has 0 aliphatic heterocycles. The molecule has 0 aromatic carbocycles. The van der Waals surface area contributed by atoms with E-state index >= 15 is 0 Å². The number of nitrogens with zero attached hydrogens (tertiary/aromatic N) is 2. The molecule has 0 bridgehead atoms. The van der Waals surface area contributed by atoms with Crippen LogP contribution in [0.4, 0.5) is 4.79 Å². The van der Waals surface area contributed by atoms with Crippen LogP contribution < -0.4 is 10.6 Å². The molecule has 0 spiro atoms. The molecule has 2 amide bonds. The molecule has 0 heterocycles. The lowest BCUT2D eigenvalue weighted by molar-refractivity contribution is 0.240. The molecule has 0 atom stereocenters. The summed E-state index contributed by atoms with van der Waals surface area (Å²) >= 11 is 0. The number of carbonyl (C=O) groups is 1. The van der Waals surface area contributed by atoms with Crippen LogP contribution in [-0.4, -0.2) is 44.4 Å². The highest BCUT2D eigenvalue weighted by molar-refractivity contribution is 5.73. The van der Waals surface area contributed by atoms with Crippen molar-refractivity contribution in [3.63, 3.8) is 0 Å². The van der Waals surface area contributed by atoms with Crippen molar-refractivity contribution in [1.82, 2.24) is 10.6 Å². The Bertz CT molecular complexity index is 498. The van der Waals surface area contributed by atoms with Crippen LogP contribution >= 0.6 is 0 Å². The number of nitrogens with one attached hydrogen (secondary N) is 2. The van der Waals surface area contributed by atoms with Gasteiger partial charge in [0.25, 0.3) is 0 Å². The van der Waals surface area contributed by atoms with Crippen molar-refractivity contribution >= 4 is 18.2 Å². The molecule has 0 rings (SSSR count). The number of aliphatic imine (C=N–C) groups is 2. The van der Waals surface area contributed by atoms with E-state index in [-0.39, 0.29) is 6.03 Å². The number of urea groups is 1. The van der Waals surface area contributed by atoms with Gasteiger partial charge in [0.05, 0.1) is 13.1 Å². The molecule has 0 saturated carbocycles. The number of rotatable bonds is 26. The van der Waals surface area contributed by atoms with Crippen LogP contribution in [0, 0.1) is 0 Å². The van der Waals surface area contributed by atoms with Gasteiger partial charge in [0.2, 0.25) is 12.2 Å². The van der Waals surface area contributed by atoms with Gasteiger partial charge < -0.3 is 10.6 Å². The minimum Gasteiger partial charge on any atom is -0.338 e. The molecule has 0 aliphatic rings. The molecular formula is C27H50N4O3. The minimum absolute atomic E-state index is 0.0299. The number of hydrogen-bond donors (Lipinski definition) is 2. The van der Waals surface area contributed by atoms with E-state index in [4.69, 9.17) is 0 Å². The van der Waals surface area contributed by atoms with Crippen molar-refractivity contribution in [3.8, 4) is 0 Å². The van der Waals surface area contributed by atoms with E-state index in [9.17, 15) is 14.4 Å². The Kier molecular flexibility index (Phi) is 27.4. The topological polar surface area (TPSA) is 100.0 Å². The monoisotopic (exact) mass is 478 g/mol. The lowest BCUT2D eigenvalue weighted by atomic mass is 10.1. The summed E-state index contributed by atoms with van der Waals surface area (Å²) in [6.07, 6.45) is 27.2. The van der Waals surface area contributed by atoms with Gasteiger partial charge in [-0.15, -0.1) is 0 Å². The Hall–Kier alpha value is -1.97. The molecule has 0 unspecified atom stereocenters. The zero-order valence-electron chi connectivity index (χ0n) is 21.6. The van der Waals surface area contributed by atoms with Crippen LogP contribution in [0.1, 0.15) is 128 Å². The Labute approximate surface area is 208 Å². The van der Waals surface area contributed by atoms with E-state index < -0.39 is 0 Å². The van der Waals surface area contributed by atoms with Crippen LogP contribution in [0.15, 0.2) is 9.98 Å². The molecule has 2 N–H and O–H groups in total. The van der Waals surface area contributed by atoms with Crippen LogP contribution in [0.5, 0.6) is 0 Å². The van der Waals surface area contributed by atoms with Gasteiger partial charge in [0.15, 0.2) is 0 Å². The van der Waals surface area contributed by atoms with Crippen LogP contribution in [0.3, 0.4) is 0 Å². The maximum absolute atomic E-state index is 11.8. The predicted molar refractivity (Wildman–Crippen MR) is 140 cm³/mol. The van der Waals surface area contributed by atoms with E-state index in [1.807, 2.05) is 0 Å². The smallest absolute Gasteiger partial charge is 0.314 e. The van der Waals surface area contributed by atoms with E-state index in [0.717, 1.165) is 51.6 Å². The lowest BCUT2D eigenvalue weighted by Crippen LogP contribution is -2.36. The van der Waals surface area contributed by atoms with Gasteiger partial charge in [-0.2, -0.15) is 0 Å². The van der Waals surface area contributed by atoms with E-state index in [1.54, 1.807) is 12.2 Å². The fourth-order valence-electron chi connectivity index (χ4n) is 4.02. The molecule has 7 nitrogen and oxygen atoms in total. The zero-order valence-corrected chi connectivity index (χ0v) is 21.6. The first-order valence-corrected chi connectivity index (χ1v) is 13.9. The van der Waals surface area contributed by atoms with Crippen molar-refractivity contribution in [2.75, 3.05) is 26.2 Å². The maximum atomic E-state index is 11.8. The van der Waals surface area contributed by atoms with Crippen molar-refractivity contribution in [2.24, 2.45) is 9.98 Å². The van der Waals surface area contributed by atoms with Gasteiger partial charge in [-0.05, 0) is 25.7 Å². The van der Waals surface area contributed by atoms with Crippen molar-refractivity contribution in [3.05, 3.63) is 0 Å². The largest absolute Gasteiger partial charge is 0.338 e. The van der Waals surface area contributed by atoms with Crippen LogP contribution in [-0.2, 0) is 9.59 Å². The second kappa shape index (κ2) is 29.1. The van der Waals surface area contributed by atoms with Crippen molar-refractivity contribution in [2.45, 2.75) is 128 Å². The summed E-state index contributed by atoms with van der Waals surface area (Å²) in [6, 6.07) is -0.0299. The second-order valence-corrected chi connectivity index (χ2v) is 9.20. The number of amides is 2. The van der Waals surface area contributed by atoms with Crippen molar-refractivity contribution in [1.29, 1.82) is 0 Å². The summed E-state index contributed by atoms with van der Waals surface area (Å²) in [5.41, 5.74) is 0. The summed E-state index contributed by atoms with van der Waals surface area (Å²) < 4.78 is 0.